The van der Waals surface area contributed by atoms with Crippen LogP contribution in [-0.4, -0.2) is 30.0 Å². The topological polar surface area (TPSA) is 72.8 Å². The van der Waals surface area contributed by atoms with E-state index in [0.717, 1.165) is 20.1 Å². The molecule has 0 bridgehead atoms. The summed E-state index contributed by atoms with van der Waals surface area (Å²) in [7, 11) is 1.55. The Balaban J connectivity index is 1.31. The van der Waals surface area contributed by atoms with Crippen LogP contribution in [0.1, 0.15) is 11.1 Å². The number of methoxy groups -OCH3 is 1. The highest BCUT2D eigenvalue weighted by Gasteiger charge is 2.10. The van der Waals surface area contributed by atoms with Gasteiger partial charge in [-0.2, -0.15) is 5.10 Å². The molecule has 0 unspecified atom stereocenters. The molecule has 0 saturated carbocycles. The number of carbonyl (C=O) groups excluding carboxylic acids is 1. The number of fused-ring (bicyclic) bond motifs is 1. The Hall–Kier alpha value is -2.78. The molecule has 1 N–H and O–H groups in total. The van der Waals surface area contributed by atoms with Crippen molar-refractivity contribution in [1.29, 1.82) is 0 Å². The summed E-state index contributed by atoms with van der Waals surface area (Å²) < 4.78 is 13.2. The van der Waals surface area contributed by atoms with Gasteiger partial charge in [-0.1, -0.05) is 53.2 Å². The second kappa shape index (κ2) is 11.6. The maximum absolute atomic E-state index is 12.1. The largest absolute Gasteiger partial charge is 0.493 e. The van der Waals surface area contributed by atoms with Gasteiger partial charge in [-0.25, -0.2) is 10.4 Å². The molecule has 34 heavy (non-hydrogen) atoms. The zero-order valence-electron chi connectivity index (χ0n) is 18.0. The fourth-order valence-corrected chi connectivity index (χ4v) is 5.32. The maximum atomic E-state index is 12.1. The SMILES string of the molecule is COc1cc(/C=N\NC(=O)CSc2nc3ccccc3s2)ccc1OCc1c(Cl)cccc1Cl. The number of hydrogen-bond acceptors (Lipinski definition) is 7. The van der Waals surface area contributed by atoms with E-state index in [1.807, 2.05) is 24.3 Å². The number of hydrazone groups is 1. The van der Waals surface area contributed by atoms with Gasteiger partial charge in [0.1, 0.15) is 6.61 Å². The molecule has 1 heterocycles. The van der Waals surface area contributed by atoms with Crippen molar-refractivity contribution < 1.29 is 14.3 Å². The van der Waals surface area contributed by atoms with Crippen molar-refractivity contribution in [3.63, 3.8) is 0 Å². The first-order valence-corrected chi connectivity index (χ1v) is 12.6. The quantitative estimate of drug-likeness (QED) is 0.153. The number of rotatable bonds is 9. The van der Waals surface area contributed by atoms with Gasteiger partial charge in [0.15, 0.2) is 15.8 Å². The molecule has 4 rings (SSSR count). The highest BCUT2D eigenvalue weighted by molar-refractivity contribution is 8.01. The van der Waals surface area contributed by atoms with Crippen molar-refractivity contribution in [2.24, 2.45) is 5.10 Å². The van der Waals surface area contributed by atoms with Crippen molar-refractivity contribution in [2.75, 3.05) is 12.9 Å². The summed E-state index contributed by atoms with van der Waals surface area (Å²) in [4.78, 5) is 16.6. The number of para-hydroxylation sites is 1. The van der Waals surface area contributed by atoms with Crippen LogP contribution >= 0.6 is 46.3 Å². The van der Waals surface area contributed by atoms with Crippen LogP contribution in [0.4, 0.5) is 0 Å². The standard InChI is InChI=1S/C24H19Cl2N3O3S2/c1-31-21-11-15(9-10-20(21)32-13-16-17(25)5-4-6-18(16)26)12-27-29-23(30)14-33-24-28-19-7-2-3-8-22(19)34-24/h2-12H,13-14H2,1H3,(H,29,30)/b27-12-. The lowest BCUT2D eigenvalue weighted by molar-refractivity contribution is -0.118. The summed E-state index contributed by atoms with van der Waals surface area (Å²) >= 11 is 15.3. The molecule has 0 atom stereocenters. The summed E-state index contributed by atoms with van der Waals surface area (Å²) in [6.07, 6.45) is 1.54. The number of nitrogens with zero attached hydrogens (tertiary/aromatic N) is 2. The predicted octanol–water partition coefficient (Wildman–Crippen LogP) is 6.43. The smallest absolute Gasteiger partial charge is 0.250 e. The molecule has 0 aliphatic carbocycles. The lowest BCUT2D eigenvalue weighted by Crippen LogP contribution is -2.19. The molecule has 3 aromatic carbocycles. The van der Waals surface area contributed by atoms with E-state index in [2.05, 4.69) is 15.5 Å². The first-order valence-electron chi connectivity index (χ1n) is 10.1. The van der Waals surface area contributed by atoms with Gasteiger partial charge in [0, 0.05) is 15.6 Å². The van der Waals surface area contributed by atoms with E-state index in [0.29, 0.717) is 27.1 Å². The van der Waals surface area contributed by atoms with E-state index in [-0.39, 0.29) is 18.3 Å². The molecule has 0 radical (unpaired) electrons. The molecular weight excluding hydrogens is 513 g/mol. The van der Waals surface area contributed by atoms with E-state index in [1.165, 1.54) is 18.0 Å². The monoisotopic (exact) mass is 531 g/mol. The fourth-order valence-electron chi connectivity index (χ4n) is 2.96. The molecule has 0 saturated heterocycles. The second-order valence-electron chi connectivity index (χ2n) is 6.93. The first-order chi connectivity index (χ1) is 16.5. The van der Waals surface area contributed by atoms with Crippen molar-refractivity contribution in [3.8, 4) is 11.5 Å². The zero-order valence-corrected chi connectivity index (χ0v) is 21.1. The van der Waals surface area contributed by atoms with Crippen molar-refractivity contribution in [3.05, 3.63) is 81.8 Å². The van der Waals surface area contributed by atoms with Crippen LogP contribution in [0.5, 0.6) is 11.5 Å². The highest BCUT2D eigenvalue weighted by atomic mass is 35.5. The van der Waals surface area contributed by atoms with Crippen LogP contribution in [0.15, 0.2) is 70.1 Å². The molecule has 0 spiro atoms. The zero-order chi connectivity index (χ0) is 23.9. The van der Waals surface area contributed by atoms with Gasteiger partial charge < -0.3 is 9.47 Å². The molecule has 1 aromatic heterocycles. The molecule has 1 amide bonds. The summed E-state index contributed by atoms with van der Waals surface area (Å²) in [6, 6.07) is 18.5. The molecule has 0 aliphatic rings. The Kier molecular flexibility index (Phi) is 8.29. The Morgan fingerprint density at radius 2 is 1.91 bits per heavy atom. The first kappa shape index (κ1) is 24.3. The number of thioether (sulfide) groups is 1. The number of carbonyl (C=O) groups is 1. The number of ether oxygens (including phenoxy) is 2. The van der Waals surface area contributed by atoms with E-state index in [4.69, 9.17) is 32.7 Å². The van der Waals surface area contributed by atoms with Crippen LogP contribution in [0, 0.1) is 0 Å². The van der Waals surface area contributed by atoms with Gasteiger partial charge in [0.2, 0.25) is 0 Å². The number of halogens is 2. The third kappa shape index (κ3) is 6.21. The van der Waals surface area contributed by atoms with Gasteiger partial charge in [0.05, 0.1) is 29.3 Å². The minimum Gasteiger partial charge on any atom is -0.493 e. The van der Waals surface area contributed by atoms with E-state index >= 15 is 0 Å². The number of nitrogens with one attached hydrogen (secondary N) is 1. The van der Waals surface area contributed by atoms with Gasteiger partial charge in [-0.15, -0.1) is 11.3 Å². The minimum atomic E-state index is -0.218. The highest BCUT2D eigenvalue weighted by Crippen LogP contribution is 2.31. The number of thiazole rings is 1. The Bertz CT molecular complexity index is 1290. The van der Waals surface area contributed by atoms with E-state index in [9.17, 15) is 4.79 Å². The molecule has 0 fully saturated rings. The Labute approximate surface area is 214 Å². The van der Waals surface area contributed by atoms with Gasteiger partial charge in [-0.05, 0) is 48.0 Å². The predicted molar refractivity (Wildman–Crippen MR) is 140 cm³/mol. The molecular formula is C24H19Cl2N3O3S2. The Morgan fingerprint density at radius 3 is 2.68 bits per heavy atom. The lowest BCUT2D eigenvalue weighted by Gasteiger charge is -2.13. The van der Waals surface area contributed by atoms with Gasteiger partial charge >= 0.3 is 0 Å². The number of hydrogen-bond donors (Lipinski definition) is 1. The summed E-state index contributed by atoms with van der Waals surface area (Å²) in [6.45, 7) is 0.199. The van der Waals surface area contributed by atoms with Crippen molar-refractivity contribution in [2.45, 2.75) is 10.9 Å². The number of aromatic nitrogens is 1. The van der Waals surface area contributed by atoms with E-state index < -0.39 is 0 Å². The third-order valence-electron chi connectivity index (χ3n) is 4.63. The average molecular weight is 532 g/mol. The fraction of sp³-hybridized carbons (Fsp3) is 0.125. The second-order valence-corrected chi connectivity index (χ2v) is 10.00. The molecule has 6 nitrogen and oxygen atoms in total. The third-order valence-corrected chi connectivity index (χ3v) is 7.51. The summed E-state index contributed by atoms with van der Waals surface area (Å²) in [5.74, 6) is 1.05. The molecule has 4 aromatic rings. The van der Waals surface area contributed by atoms with Gasteiger partial charge in [0.25, 0.3) is 5.91 Å². The molecule has 0 aliphatic heterocycles. The van der Waals surface area contributed by atoms with Crippen LogP contribution in [0.25, 0.3) is 10.2 Å². The van der Waals surface area contributed by atoms with Crippen LogP contribution in [0.2, 0.25) is 10.0 Å². The number of amides is 1. The van der Waals surface area contributed by atoms with Crippen molar-refractivity contribution >= 4 is 68.6 Å². The molecule has 10 heteroatoms. The lowest BCUT2D eigenvalue weighted by atomic mass is 10.2. The van der Waals surface area contributed by atoms with E-state index in [1.54, 1.807) is 54.8 Å². The summed E-state index contributed by atoms with van der Waals surface area (Å²) in [5, 5.41) is 5.10. The Morgan fingerprint density at radius 1 is 1.12 bits per heavy atom. The van der Waals surface area contributed by atoms with Gasteiger partial charge in [-0.3, -0.25) is 4.79 Å². The molecule has 174 valence electrons. The normalized spacial score (nSPS) is 11.1. The van der Waals surface area contributed by atoms with Crippen LogP contribution in [0.3, 0.4) is 0 Å². The summed E-state index contributed by atoms with van der Waals surface area (Å²) in [5.41, 5.74) is 4.90. The maximum Gasteiger partial charge on any atom is 0.250 e. The number of benzene rings is 3. The van der Waals surface area contributed by atoms with Crippen LogP contribution < -0.4 is 14.9 Å². The van der Waals surface area contributed by atoms with Crippen molar-refractivity contribution in [1.82, 2.24) is 10.4 Å². The average Bonchev–Trinajstić information content (AvgIpc) is 3.26. The van der Waals surface area contributed by atoms with Crippen LogP contribution in [-0.2, 0) is 11.4 Å². The minimum absolute atomic E-state index is 0.199.